The third kappa shape index (κ3) is 5.37. The summed E-state index contributed by atoms with van der Waals surface area (Å²) in [6, 6.07) is 0. The largest absolute Gasteiger partial charge is 0.446 e. The summed E-state index contributed by atoms with van der Waals surface area (Å²) in [5, 5.41) is 6.64. The highest BCUT2D eigenvalue weighted by Gasteiger charge is 2.52. The predicted octanol–water partition coefficient (Wildman–Crippen LogP) is 4.59. The molecule has 1 fully saturated rings. The predicted molar refractivity (Wildman–Crippen MR) is 101 cm³/mol. The zero-order valence-corrected chi connectivity index (χ0v) is 17.3. The first-order valence-electron chi connectivity index (χ1n) is 9.60. The molecule has 1 saturated heterocycles. The lowest BCUT2D eigenvalue weighted by Gasteiger charge is -2.56. The van der Waals surface area contributed by atoms with Crippen molar-refractivity contribution in [1.29, 1.82) is 0 Å². The summed E-state index contributed by atoms with van der Waals surface area (Å²) in [5.74, 6) is 1.93. The lowest BCUT2D eigenvalue weighted by Crippen LogP contribution is -2.69. The summed E-state index contributed by atoms with van der Waals surface area (Å²) in [6.07, 6.45) is 2.66. The number of carbonyl (C=O) groups is 1. The van der Waals surface area contributed by atoms with E-state index in [0.717, 1.165) is 19.3 Å². The maximum atomic E-state index is 12.0. The third-order valence-electron chi connectivity index (χ3n) is 5.25. The molecule has 4 unspecified atom stereocenters. The van der Waals surface area contributed by atoms with Crippen LogP contribution in [0.3, 0.4) is 0 Å². The zero-order valence-electron chi connectivity index (χ0n) is 17.3. The summed E-state index contributed by atoms with van der Waals surface area (Å²) in [7, 11) is 1.63. The molecule has 0 bridgehead atoms. The fourth-order valence-corrected chi connectivity index (χ4v) is 5.35. The van der Waals surface area contributed by atoms with Crippen molar-refractivity contribution in [3.8, 4) is 0 Å². The molecule has 0 aliphatic carbocycles. The Morgan fingerprint density at radius 3 is 2.08 bits per heavy atom. The number of nitrogens with one attached hydrogen (secondary N) is 2. The van der Waals surface area contributed by atoms with Crippen LogP contribution in [0.5, 0.6) is 0 Å². The van der Waals surface area contributed by atoms with Crippen molar-refractivity contribution in [2.75, 3.05) is 7.05 Å². The van der Waals surface area contributed by atoms with Gasteiger partial charge in [0.2, 0.25) is 0 Å². The Kier molecular flexibility index (Phi) is 7.16. The normalized spacial score (nSPS) is 34.0. The van der Waals surface area contributed by atoms with Crippen molar-refractivity contribution in [2.24, 2.45) is 23.7 Å². The summed E-state index contributed by atoms with van der Waals surface area (Å²) >= 11 is 0. The van der Waals surface area contributed by atoms with Gasteiger partial charge in [0.15, 0.2) is 0 Å². The Morgan fingerprint density at radius 1 is 1.12 bits per heavy atom. The molecule has 1 amide bonds. The van der Waals surface area contributed by atoms with Crippen LogP contribution in [0.4, 0.5) is 4.79 Å². The first kappa shape index (κ1) is 21.3. The highest BCUT2D eigenvalue weighted by molar-refractivity contribution is 5.67. The van der Waals surface area contributed by atoms with Gasteiger partial charge in [-0.05, 0) is 44.4 Å². The molecule has 2 N–H and O–H groups in total. The Morgan fingerprint density at radius 2 is 1.67 bits per heavy atom. The summed E-state index contributed by atoms with van der Waals surface area (Å²) < 4.78 is 5.88. The van der Waals surface area contributed by atoms with Gasteiger partial charge in [-0.1, -0.05) is 41.5 Å². The van der Waals surface area contributed by atoms with Crippen molar-refractivity contribution < 1.29 is 9.53 Å². The quantitative estimate of drug-likeness (QED) is 0.744. The van der Waals surface area contributed by atoms with Gasteiger partial charge in [-0.25, -0.2) is 4.79 Å². The van der Waals surface area contributed by atoms with Crippen LogP contribution in [-0.2, 0) is 4.74 Å². The molecule has 0 aromatic heterocycles. The monoisotopic (exact) mass is 340 g/mol. The first-order chi connectivity index (χ1) is 10.9. The third-order valence-corrected chi connectivity index (χ3v) is 5.25. The fourth-order valence-electron chi connectivity index (χ4n) is 5.35. The van der Waals surface area contributed by atoms with E-state index in [1.165, 1.54) is 0 Å². The number of carbonyl (C=O) groups excluding carboxylic acids is 1. The molecule has 0 spiro atoms. The highest BCUT2D eigenvalue weighted by atomic mass is 16.6. The van der Waals surface area contributed by atoms with Crippen LogP contribution in [0.2, 0.25) is 0 Å². The molecule has 1 aliphatic rings. The van der Waals surface area contributed by atoms with E-state index in [9.17, 15) is 4.79 Å². The number of piperidine rings is 1. The molecule has 142 valence electrons. The van der Waals surface area contributed by atoms with E-state index in [-0.39, 0.29) is 23.3 Å². The Balaban J connectivity index is 3.23. The van der Waals surface area contributed by atoms with Crippen LogP contribution in [0.25, 0.3) is 0 Å². The van der Waals surface area contributed by atoms with Crippen LogP contribution in [0.15, 0.2) is 0 Å². The van der Waals surface area contributed by atoms with Crippen molar-refractivity contribution in [2.45, 2.75) is 91.8 Å². The molecule has 4 heteroatoms. The van der Waals surface area contributed by atoms with E-state index in [1.54, 1.807) is 7.05 Å². The second-order valence-corrected chi connectivity index (χ2v) is 9.47. The molecule has 4 atom stereocenters. The fraction of sp³-hybridized carbons (Fsp3) is 0.950. The minimum Gasteiger partial charge on any atom is -0.446 e. The number of amides is 1. The molecule has 1 heterocycles. The van der Waals surface area contributed by atoms with Crippen molar-refractivity contribution in [3.63, 3.8) is 0 Å². The molecule has 0 saturated carbocycles. The lowest BCUT2D eigenvalue weighted by molar-refractivity contribution is -0.0696. The van der Waals surface area contributed by atoms with Crippen LogP contribution < -0.4 is 10.6 Å². The van der Waals surface area contributed by atoms with Crippen molar-refractivity contribution in [3.05, 3.63) is 0 Å². The smallest absolute Gasteiger partial charge is 0.407 e. The molecule has 1 rings (SSSR count). The Bertz CT molecular complexity index is 422. The van der Waals surface area contributed by atoms with Gasteiger partial charge in [0.1, 0.15) is 6.10 Å². The van der Waals surface area contributed by atoms with Crippen molar-refractivity contribution >= 4 is 6.09 Å². The van der Waals surface area contributed by atoms with Gasteiger partial charge in [-0.15, -0.1) is 0 Å². The Hall–Kier alpha value is -0.770. The SMILES string of the molecule is CNC(=O)OC1CC(C)(CC(C)C)NC(C)(CC(C)C)C1C(C)C. The van der Waals surface area contributed by atoms with Gasteiger partial charge in [0.05, 0.1) is 0 Å². The molecular formula is C20H40N2O2. The summed E-state index contributed by atoms with van der Waals surface area (Å²) in [4.78, 5) is 12.0. The van der Waals surface area contributed by atoms with Crippen LogP contribution in [-0.4, -0.2) is 30.3 Å². The lowest BCUT2D eigenvalue weighted by atomic mass is 9.63. The number of alkyl carbamates (subject to hydrolysis) is 1. The minimum atomic E-state index is -0.314. The maximum Gasteiger partial charge on any atom is 0.407 e. The maximum absolute atomic E-state index is 12.0. The molecule has 0 radical (unpaired) electrons. The van der Waals surface area contributed by atoms with Gasteiger partial charge in [-0.3, -0.25) is 0 Å². The number of rotatable bonds is 6. The number of hydrogen-bond donors (Lipinski definition) is 2. The van der Waals surface area contributed by atoms with E-state index >= 15 is 0 Å². The molecule has 4 nitrogen and oxygen atoms in total. The highest BCUT2D eigenvalue weighted by Crippen LogP contribution is 2.44. The van der Waals surface area contributed by atoms with Gasteiger partial charge in [-0.2, -0.15) is 0 Å². The standard InChI is InChI=1S/C20H40N2O2/c1-13(2)10-19(7)12-16(24-18(23)21-9)17(15(5)6)20(8,22-19)11-14(3)4/h13-17,22H,10-12H2,1-9H3,(H,21,23). The van der Waals surface area contributed by atoms with E-state index in [2.05, 4.69) is 66.0 Å². The zero-order chi connectivity index (χ0) is 18.7. The molecule has 0 aromatic rings. The number of hydrogen-bond acceptors (Lipinski definition) is 3. The molecule has 1 aliphatic heterocycles. The van der Waals surface area contributed by atoms with Gasteiger partial charge >= 0.3 is 6.09 Å². The van der Waals surface area contributed by atoms with E-state index < -0.39 is 0 Å². The minimum absolute atomic E-state index is 0.0120. The van der Waals surface area contributed by atoms with E-state index in [4.69, 9.17) is 4.74 Å². The summed E-state index contributed by atoms with van der Waals surface area (Å²) in [5.41, 5.74) is -0.0508. The van der Waals surface area contributed by atoms with E-state index in [0.29, 0.717) is 23.7 Å². The second kappa shape index (κ2) is 8.07. The van der Waals surface area contributed by atoms with Crippen LogP contribution >= 0.6 is 0 Å². The van der Waals surface area contributed by atoms with Gasteiger partial charge < -0.3 is 15.4 Å². The van der Waals surface area contributed by atoms with Gasteiger partial charge in [0.25, 0.3) is 0 Å². The van der Waals surface area contributed by atoms with Gasteiger partial charge in [0, 0.05) is 30.5 Å². The average molecular weight is 341 g/mol. The summed E-state index contributed by atoms with van der Waals surface area (Å²) in [6.45, 7) is 18.2. The van der Waals surface area contributed by atoms with E-state index in [1.807, 2.05) is 0 Å². The molecular weight excluding hydrogens is 300 g/mol. The Labute approximate surface area is 149 Å². The number of ether oxygens (including phenoxy) is 1. The topological polar surface area (TPSA) is 50.4 Å². The van der Waals surface area contributed by atoms with Crippen molar-refractivity contribution in [1.82, 2.24) is 10.6 Å². The van der Waals surface area contributed by atoms with Crippen LogP contribution in [0.1, 0.15) is 74.7 Å². The molecule has 24 heavy (non-hydrogen) atoms. The van der Waals surface area contributed by atoms with Crippen LogP contribution in [0, 0.1) is 23.7 Å². The molecule has 0 aromatic carbocycles. The average Bonchev–Trinajstić information content (AvgIpc) is 2.33. The second-order valence-electron chi connectivity index (χ2n) is 9.47. The first-order valence-corrected chi connectivity index (χ1v) is 9.60.